The summed E-state index contributed by atoms with van der Waals surface area (Å²) in [5.74, 6) is 1.30. The molecule has 4 heteroatoms. The standard InChI is InChI=1S/C43H27N3O/c1-4-10-28(11-5-1)29-16-18-31(19-17-29)38-27-37(30-12-6-2-7-13-30)44-42(45-38)35-22-24-36-34(26-35)21-20-32-23-25-39-41(40(32)36)46-43(47-39)33-14-8-3-9-15-33/h1-27H. The minimum atomic E-state index is 0.622. The number of hydrogen-bond acceptors (Lipinski definition) is 4. The molecule has 7 aromatic carbocycles. The van der Waals surface area contributed by atoms with Crippen LogP contribution in [0.5, 0.6) is 0 Å². The SMILES string of the molecule is c1ccc(-c2ccc(-c3cc(-c4ccccc4)nc(-c4ccc5c(ccc6ccc7oc(-c8ccccc8)nc7c65)c4)n3)cc2)cc1. The molecule has 0 radical (unpaired) electrons. The molecular weight excluding hydrogens is 574 g/mol. The largest absolute Gasteiger partial charge is 0.436 e. The number of oxazole rings is 1. The lowest BCUT2D eigenvalue weighted by molar-refractivity contribution is 0.620. The summed E-state index contributed by atoms with van der Waals surface area (Å²) in [4.78, 5) is 15.2. The van der Waals surface area contributed by atoms with Gasteiger partial charge in [0.1, 0.15) is 5.52 Å². The summed E-state index contributed by atoms with van der Waals surface area (Å²) in [6, 6.07) is 56.3. The maximum atomic E-state index is 6.22. The molecule has 220 valence electrons. The summed E-state index contributed by atoms with van der Waals surface area (Å²) in [6.07, 6.45) is 0. The van der Waals surface area contributed by atoms with Gasteiger partial charge < -0.3 is 4.42 Å². The summed E-state index contributed by atoms with van der Waals surface area (Å²) in [7, 11) is 0. The molecule has 47 heavy (non-hydrogen) atoms. The number of nitrogens with zero attached hydrogens (tertiary/aromatic N) is 3. The number of aromatic nitrogens is 3. The molecule has 0 aliphatic rings. The molecule has 9 aromatic rings. The Morgan fingerprint density at radius 3 is 1.62 bits per heavy atom. The molecule has 0 unspecified atom stereocenters. The van der Waals surface area contributed by atoms with Gasteiger partial charge in [-0.15, -0.1) is 0 Å². The zero-order valence-electron chi connectivity index (χ0n) is 25.3. The highest BCUT2D eigenvalue weighted by Gasteiger charge is 2.15. The normalized spacial score (nSPS) is 11.4. The molecular formula is C43H27N3O. The van der Waals surface area contributed by atoms with Crippen LogP contribution >= 0.6 is 0 Å². The Morgan fingerprint density at radius 2 is 0.915 bits per heavy atom. The molecule has 0 aliphatic carbocycles. The van der Waals surface area contributed by atoms with Crippen molar-refractivity contribution in [3.63, 3.8) is 0 Å². The van der Waals surface area contributed by atoms with Crippen LogP contribution in [0.25, 0.3) is 89.1 Å². The van der Waals surface area contributed by atoms with Crippen LogP contribution in [0.4, 0.5) is 0 Å². The minimum Gasteiger partial charge on any atom is -0.436 e. The van der Waals surface area contributed by atoms with Crippen LogP contribution < -0.4 is 0 Å². The summed E-state index contributed by atoms with van der Waals surface area (Å²) in [5, 5.41) is 4.40. The Hall–Kier alpha value is -6.39. The van der Waals surface area contributed by atoms with Gasteiger partial charge in [0.15, 0.2) is 11.4 Å². The Morgan fingerprint density at radius 1 is 0.383 bits per heavy atom. The van der Waals surface area contributed by atoms with E-state index in [2.05, 4.69) is 103 Å². The first-order valence-corrected chi connectivity index (χ1v) is 15.7. The molecule has 0 bridgehead atoms. The number of benzene rings is 7. The predicted octanol–water partition coefficient (Wildman–Crippen LogP) is 11.3. The second-order valence-corrected chi connectivity index (χ2v) is 11.7. The van der Waals surface area contributed by atoms with Crippen LogP contribution in [0, 0.1) is 0 Å². The summed E-state index contributed by atoms with van der Waals surface area (Å²) >= 11 is 0. The highest BCUT2D eigenvalue weighted by Crippen LogP contribution is 2.36. The van der Waals surface area contributed by atoms with Crippen molar-refractivity contribution in [2.45, 2.75) is 0 Å². The molecule has 4 nitrogen and oxygen atoms in total. The fourth-order valence-electron chi connectivity index (χ4n) is 6.33. The lowest BCUT2D eigenvalue weighted by Gasteiger charge is -2.11. The van der Waals surface area contributed by atoms with E-state index in [4.69, 9.17) is 19.4 Å². The van der Waals surface area contributed by atoms with Crippen LogP contribution in [0.15, 0.2) is 168 Å². The van der Waals surface area contributed by atoms with Crippen LogP contribution in [0.1, 0.15) is 0 Å². The van der Waals surface area contributed by atoms with Crippen LogP contribution in [0.2, 0.25) is 0 Å². The van der Waals surface area contributed by atoms with Crippen molar-refractivity contribution in [2.24, 2.45) is 0 Å². The molecule has 0 saturated carbocycles. The van der Waals surface area contributed by atoms with E-state index >= 15 is 0 Å². The van der Waals surface area contributed by atoms with Crippen molar-refractivity contribution in [3.8, 4) is 56.5 Å². The zero-order valence-corrected chi connectivity index (χ0v) is 25.3. The van der Waals surface area contributed by atoms with E-state index in [1.54, 1.807) is 0 Å². The van der Waals surface area contributed by atoms with Gasteiger partial charge in [0.25, 0.3) is 0 Å². The molecule has 9 rings (SSSR count). The smallest absolute Gasteiger partial charge is 0.227 e. The zero-order chi connectivity index (χ0) is 31.2. The Kier molecular flexibility index (Phi) is 6.43. The van der Waals surface area contributed by atoms with Gasteiger partial charge in [-0.3, -0.25) is 0 Å². The molecule has 0 saturated heterocycles. The van der Waals surface area contributed by atoms with Crippen molar-refractivity contribution in [2.75, 3.05) is 0 Å². The van der Waals surface area contributed by atoms with Gasteiger partial charge in [-0.05, 0) is 57.6 Å². The summed E-state index contributed by atoms with van der Waals surface area (Å²) < 4.78 is 6.22. The van der Waals surface area contributed by atoms with E-state index in [1.165, 1.54) is 11.1 Å². The topological polar surface area (TPSA) is 51.8 Å². The van der Waals surface area contributed by atoms with E-state index < -0.39 is 0 Å². The van der Waals surface area contributed by atoms with Crippen LogP contribution in [-0.4, -0.2) is 15.0 Å². The molecule has 0 amide bonds. The first kappa shape index (κ1) is 27.0. The highest BCUT2D eigenvalue weighted by molar-refractivity contribution is 6.18. The fraction of sp³-hybridized carbons (Fsp3) is 0. The van der Waals surface area contributed by atoms with E-state index in [-0.39, 0.29) is 0 Å². The van der Waals surface area contributed by atoms with Gasteiger partial charge >= 0.3 is 0 Å². The average Bonchev–Trinajstić information content (AvgIpc) is 3.60. The third-order valence-electron chi connectivity index (χ3n) is 8.72. The van der Waals surface area contributed by atoms with Gasteiger partial charge in [0.05, 0.1) is 11.4 Å². The molecule has 0 spiro atoms. The van der Waals surface area contributed by atoms with Gasteiger partial charge in [-0.1, -0.05) is 133 Å². The Bertz CT molecular complexity index is 2540. The third kappa shape index (κ3) is 4.93. The van der Waals surface area contributed by atoms with Gasteiger partial charge in [-0.25, -0.2) is 15.0 Å². The lowest BCUT2D eigenvalue weighted by atomic mass is 9.98. The molecule has 0 atom stereocenters. The minimum absolute atomic E-state index is 0.622. The summed E-state index contributed by atoms with van der Waals surface area (Å²) in [6.45, 7) is 0. The quantitative estimate of drug-likeness (QED) is 0.184. The van der Waals surface area contributed by atoms with Crippen molar-refractivity contribution in [1.82, 2.24) is 15.0 Å². The van der Waals surface area contributed by atoms with Gasteiger partial charge in [0.2, 0.25) is 5.89 Å². The monoisotopic (exact) mass is 601 g/mol. The lowest BCUT2D eigenvalue weighted by Crippen LogP contribution is -1.96. The maximum Gasteiger partial charge on any atom is 0.227 e. The number of hydrogen-bond donors (Lipinski definition) is 0. The predicted molar refractivity (Wildman–Crippen MR) is 192 cm³/mol. The van der Waals surface area contributed by atoms with Crippen molar-refractivity contribution in [3.05, 3.63) is 164 Å². The maximum absolute atomic E-state index is 6.22. The van der Waals surface area contributed by atoms with Crippen molar-refractivity contribution >= 4 is 32.6 Å². The Balaban J connectivity index is 1.17. The van der Waals surface area contributed by atoms with E-state index in [1.807, 2.05) is 60.7 Å². The second-order valence-electron chi connectivity index (χ2n) is 11.7. The van der Waals surface area contributed by atoms with E-state index in [9.17, 15) is 0 Å². The molecule has 2 aromatic heterocycles. The molecule has 0 N–H and O–H groups in total. The van der Waals surface area contributed by atoms with Crippen LogP contribution in [-0.2, 0) is 0 Å². The van der Waals surface area contributed by atoms with Gasteiger partial charge in [0, 0.05) is 27.6 Å². The first-order valence-electron chi connectivity index (χ1n) is 15.7. The van der Waals surface area contributed by atoms with Crippen molar-refractivity contribution < 1.29 is 4.42 Å². The molecule has 2 heterocycles. The number of rotatable bonds is 5. The van der Waals surface area contributed by atoms with Gasteiger partial charge in [-0.2, -0.15) is 0 Å². The van der Waals surface area contributed by atoms with E-state index in [0.717, 1.165) is 66.3 Å². The molecule has 0 aliphatic heterocycles. The van der Waals surface area contributed by atoms with E-state index in [0.29, 0.717) is 11.7 Å². The first-order chi connectivity index (χ1) is 23.3. The Labute approximate surface area is 271 Å². The molecule has 0 fully saturated rings. The fourth-order valence-corrected chi connectivity index (χ4v) is 6.33. The van der Waals surface area contributed by atoms with Crippen LogP contribution in [0.3, 0.4) is 0 Å². The average molecular weight is 602 g/mol. The number of fused-ring (bicyclic) bond motifs is 5. The highest BCUT2D eigenvalue weighted by atomic mass is 16.3. The third-order valence-corrected chi connectivity index (χ3v) is 8.72. The second kappa shape index (κ2) is 11.2. The summed E-state index contributed by atoms with van der Waals surface area (Å²) in [5.41, 5.74) is 9.76. The van der Waals surface area contributed by atoms with Crippen molar-refractivity contribution in [1.29, 1.82) is 0 Å².